The highest BCUT2D eigenvalue weighted by atomic mass is 15.2. The van der Waals surface area contributed by atoms with E-state index in [1.165, 1.54) is 71.0 Å². The van der Waals surface area contributed by atoms with Crippen LogP contribution in [0.2, 0.25) is 0 Å². The summed E-state index contributed by atoms with van der Waals surface area (Å²) < 4.78 is 0. The zero-order valence-corrected chi connectivity index (χ0v) is 14.0. The molecule has 0 spiro atoms. The third kappa shape index (κ3) is 4.21. The van der Waals surface area contributed by atoms with Crippen LogP contribution in [0, 0.1) is 11.8 Å². The van der Waals surface area contributed by atoms with Gasteiger partial charge in [0.25, 0.3) is 0 Å². The smallest absolute Gasteiger partial charge is 0.0224 e. The maximum atomic E-state index is 3.89. The van der Waals surface area contributed by atoms with E-state index in [4.69, 9.17) is 0 Å². The first kappa shape index (κ1) is 16.3. The third-order valence-electron chi connectivity index (χ3n) is 5.90. The lowest BCUT2D eigenvalue weighted by Crippen LogP contribution is -2.59. The van der Waals surface area contributed by atoms with Gasteiger partial charge in [-0.15, -0.1) is 0 Å². The fraction of sp³-hybridized carbons (Fsp3) is 1.00. The molecular formula is C18H36N2. The number of nitrogens with zero attached hydrogens (tertiary/aromatic N) is 1. The molecule has 1 heterocycles. The highest BCUT2D eigenvalue weighted by Crippen LogP contribution is 2.29. The van der Waals surface area contributed by atoms with Crippen LogP contribution in [0.5, 0.6) is 0 Å². The molecule has 2 rings (SSSR count). The first-order valence-electron chi connectivity index (χ1n) is 9.25. The van der Waals surface area contributed by atoms with Crippen molar-refractivity contribution in [3.05, 3.63) is 0 Å². The highest BCUT2D eigenvalue weighted by Gasteiger charge is 2.32. The standard InChI is InChI=1S/C18H36N2/c1-4-15(5-2)13-20-14-18(19-12-17(20)6-3)16-10-8-7-9-11-16/h15-19H,4-14H2,1-3H3. The Morgan fingerprint density at radius 1 is 1.05 bits per heavy atom. The van der Waals surface area contributed by atoms with Gasteiger partial charge in [-0.3, -0.25) is 4.90 Å². The van der Waals surface area contributed by atoms with E-state index < -0.39 is 0 Å². The Morgan fingerprint density at radius 3 is 2.35 bits per heavy atom. The zero-order chi connectivity index (χ0) is 14.4. The van der Waals surface area contributed by atoms with Crippen molar-refractivity contribution in [2.45, 2.75) is 84.2 Å². The van der Waals surface area contributed by atoms with Crippen LogP contribution < -0.4 is 5.32 Å². The first-order chi connectivity index (χ1) is 9.78. The lowest BCUT2D eigenvalue weighted by molar-refractivity contribution is 0.0775. The van der Waals surface area contributed by atoms with E-state index >= 15 is 0 Å². The molecule has 2 atom stereocenters. The van der Waals surface area contributed by atoms with Gasteiger partial charge in [0.2, 0.25) is 0 Å². The van der Waals surface area contributed by atoms with E-state index in [0.29, 0.717) is 0 Å². The minimum atomic E-state index is 0.771. The summed E-state index contributed by atoms with van der Waals surface area (Å²) >= 11 is 0. The molecule has 0 radical (unpaired) electrons. The maximum absolute atomic E-state index is 3.89. The highest BCUT2D eigenvalue weighted by molar-refractivity contribution is 4.90. The van der Waals surface area contributed by atoms with Gasteiger partial charge in [0.15, 0.2) is 0 Å². The second kappa shape index (κ2) is 8.38. The van der Waals surface area contributed by atoms with Crippen molar-refractivity contribution in [3.63, 3.8) is 0 Å². The lowest BCUT2D eigenvalue weighted by atomic mass is 9.82. The van der Waals surface area contributed by atoms with E-state index in [2.05, 4.69) is 31.0 Å². The molecule has 0 aromatic carbocycles. The summed E-state index contributed by atoms with van der Waals surface area (Å²) in [7, 11) is 0. The number of rotatable bonds is 6. The summed E-state index contributed by atoms with van der Waals surface area (Å²) in [5, 5.41) is 3.89. The van der Waals surface area contributed by atoms with Crippen molar-refractivity contribution in [1.82, 2.24) is 10.2 Å². The summed E-state index contributed by atoms with van der Waals surface area (Å²) in [5.74, 6) is 1.85. The minimum Gasteiger partial charge on any atom is -0.311 e. The van der Waals surface area contributed by atoms with E-state index in [1.807, 2.05) is 0 Å². The predicted molar refractivity (Wildman–Crippen MR) is 88.1 cm³/mol. The Morgan fingerprint density at radius 2 is 1.75 bits per heavy atom. The normalized spacial score (nSPS) is 30.0. The molecule has 2 heteroatoms. The molecule has 0 bridgehead atoms. The van der Waals surface area contributed by atoms with Gasteiger partial charge >= 0.3 is 0 Å². The zero-order valence-electron chi connectivity index (χ0n) is 14.0. The predicted octanol–water partition coefficient (Wildman–Crippen LogP) is 4.06. The summed E-state index contributed by atoms with van der Waals surface area (Å²) in [4.78, 5) is 2.83. The Bertz CT molecular complexity index is 256. The molecule has 2 fully saturated rings. The SMILES string of the molecule is CCC(CC)CN1CC(C2CCCCC2)NCC1CC. The quantitative estimate of drug-likeness (QED) is 0.789. The number of nitrogens with one attached hydrogen (secondary N) is 1. The summed E-state index contributed by atoms with van der Waals surface area (Å²) in [6.07, 6.45) is 11.3. The van der Waals surface area contributed by atoms with Crippen molar-refractivity contribution in [3.8, 4) is 0 Å². The maximum Gasteiger partial charge on any atom is 0.0224 e. The average molecular weight is 280 g/mol. The van der Waals surface area contributed by atoms with Crippen LogP contribution in [-0.2, 0) is 0 Å². The minimum absolute atomic E-state index is 0.771. The van der Waals surface area contributed by atoms with Crippen LogP contribution >= 0.6 is 0 Å². The molecule has 1 aliphatic carbocycles. The van der Waals surface area contributed by atoms with Crippen molar-refractivity contribution in [1.29, 1.82) is 0 Å². The molecule has 2 aliphatic rings. The van der Waals surface area contributed by atoms with Gasteiger partial charge in [0.05, 0.1) is 0 Å². The van der Waals surface area contributed by atoms with E-state index in [0.717, 1.165) is 23.9 Å². The molecule has 20 heavy (non-hydrogen) atoms. The molecule has 0 amide bonds. The number of piperazine rings is 1. The molecule has 1 saturated carbocycles. The summed E-state index contributed by atoms with van der Waals surface area (Å²) in [5.41, 5.74) is 0. The van der Waals surface area contributed by atoms with Gasteiger partial charge in [0.1, 0.15) is 0 Å². The van der Waals surface area contributed by atoms with Crippen LogP contribution in [0.15, 0.2) is 0 Å². The Balaban J connectivity index is 1.91. The fourth-order valence-electron chi connectivity index (χ4n) is 4.24. The average Bonchev–Trinajstić information content (AvgIpc) is 2.53. The number of hydrogen-bond donors (Lipinski definition) is 1. The van der Waals surface area contributed by atoms with E-state index in [1.54, 1.807) is 0 Å². The van der Waals surface area contributed by atoms with Crippen molar-refractivity contribution < 1.29 is 0 Å². The molecule has 118 valence electrons. The van der Waals surface area contributed by atoms with Gasteiger partial charge in [-0.25, -0.2) is 0 Å². The fourth-order valence-corrected chi connectivity index (χ4v) is 4.24. The number of hydrogen-bond acceptors (Lipinski definition) is 2. The van der Waals surface area contributed by atoms with Gasteiger partial charge in [-0.1, -0.05) is 52.9 Å². The second-order valence-electron chi connectivity index (χ2n) is 7.11. The van der Waals surface area contributed by atoms with Crippen LogP contribution in [-0.4, -0.2) is 36.6 Å². The van der Waals surface area contributed by atoms with Gasteiger partial charge in [0, 0.05) is 31.7 Å². The van der Waals surface area contributed by atoms with Gasteiger partial charge in [-0.05, 0) is 31.1 Å². The van der Waals surface area contributed by atoms with Crippen LogP contribution in [0.1, 0.15) is 72.1 Å². The van der Waals surface area contributed by atoms with Crippen molar-refractivity contribution in [2.75, 3.05) is 19.6 Å². The monoisotopic (exact) mass is 280 g/mol. The Hall–Kier alpha value is -0.0800. The second-order valence-corrected chi connectivity index (χ2v) is 7.11. The van der Waals surface area contributed by atoms with Gasteiger partial charge in [-0.2, -0.15) is 0 Å². The molecule has 0 aromatic rings. The van der Waals surface area contributed by atoms with Crippen molar-refractivity contribution in [2.24, 2.45) is 11.8 Å². The van der Waals surface area contributed by atoms with E-state index in [9.17, 15) is 0 Å². The van der Waals surface area contributed by atoms with Crippen LogP contribution in [0.4, 0.5) is 0 Å². The lowest BCUT2D eigenvalue weighted by Gasteiger charge is -2.45. The molecule has 0 aromatic heterocycles. The Kier molecular flexibility index (Phi) is 6.83. The topological polar surface area (TPSA) is 15.3 Å². The molecule has 2 unspecified atom stereocenters. The molecule has 2 nitrogen and oxygen atoms in total. The van der Waals surface area contributed by atoms with Crippen molar-refractivity contribution >= 4 is 0 Å². The first-order valence-corrected chi connectivity index (χ1v) is 9.25. The molecule has 1 N–H and O–H groups in total. The molecule has 1 aliphatic heterocycles. The molecular weight excluding hydrogens is 244 g/mol. The Labute approximate surface area is 126 Å². The summed E-state index contributed by atoms with van der Waals surface area (Å²) in [6.45, 7) is 10.9. The van der Waals surface area contributed by atoms with Gasteiger partial charge < -0.3 is 5.32 Å². The van der Waals surface area contributed by atoms with E-state index in [-0.39, 0.29) is 0 Å². The summed E-state index contributed by atoms with van der Waals surface area (Å²) in [6, 6.07) is 1.54. The largest absolute Gasteiger partial charge is 0.311 e. The third-order valence-corrected chi connectivity index (χ3v) is 5.90. The van der Waals surface area contributed by atoms with Crippen LogP contribution in [0.3, 0.4) is 0 Å². The molecule has 1 saturated heterocycles. The van der Waals surface area contributed by atoms with Crippen LogP contribution in [0.25, 0.3) is 0 Å².